The number of fused-ring (bicyclic) bond motifs is 3. The summed E-state index contributed by atoms with van der Waals surface area (Å²) in [5.74, 6) is -0.177. The standard InChI is InChI=1S/C25H27FN6O2S/c1-16-8-7-9-17(2)31(16)23(34)14-30-20-12-5-6-13-21(20)32-24(30)28-29-25(32)35-15-22(33)27-19-11-4-3-10-18(19)26/h3-6,10-13,16-17H,7-9,14-15H2,1-2H3,(H,27,33)/t16-,17-/m0/s1. The summed E-state index contributed by atoms with van der Waals surface area (Å²) >= 11 is 1.21. The van der Waals surface area contributed by atoms with Crippen molar-refractivity contribution in [3.05, 3.63) is 54.3 Å². The van der Waals surface area contributed by atoms with Crippen LogP contribution in [0.5, 0.6) is 0 Å². The van der Waals surface area contributed by atoms with E-state index in [-0.39, 0.29) is 41.9 Å². The van der Waals surface area contributed by atoms with Gasteiger partial charge < -0.3 is 10.2 Å². The van der Waals surface area contributed by atoms with Gasteiger partial charge >= 0.3 is 0 Å². The number of anilines is 1. The summed E-state index contributed by atoms with van der Waals surface area (Å²) in [5.41, 5.74) is 1.87. The average Bonchev–Trinajstić information content (AvgIpc) is 3.38. The Hall–Kier alpha value is -3.40. The summed E-state index contributed by atoms with van der Waals surface area (Å²) in [7, 11) is 0. The van der Waals surface area contributed by atoms with Crippen LogP contribution in [-0.4, -0.2) is 53.7 Å². The lowest BCUT2D eigenvalue weighted by atomic mass is 9.97. The topological polar surface area (TPSA) is 84.5 Å². The first-order valence-electron chi connectivity index (χ1n) is 11.7. The smallest absolute Gasteiger partial charge is 0.243 e. The molecule has 4 aromatic rings. The van der Waals surface area contributed by atoms with Crippen molar-refractivity contribution in [2.45, 2.75) is 56.9 Å². The van der Waals surface area contributed by atoms with Crippen molar-refractivity contribution in [3.8, 4) is 0 Å². The minimum absolute atomic E-state index is 0.0381. The highest BCUT2D eigenvalue weighted by atomic mass is 32.2. The Morgan fingerprint density at radius 3 is 2.46 bits per heavy atom. The van der Waals surface area contributed by atoms with Crippen molar-refractivity contribution in [2.75, 3.05) is 11.1 Å². The van der Waals surface area contributed by atoms with Gasteiger partial charge in [-0.3, -0.25) is 18.6 Å². The van der Waals surface area contributed by atoms with Crippen LogP contribution >= 0.6 is 11.8 Å². The molecule has 8 nitrogen and oxygen atoms in total. The normalized spacial score (nSPS) is 18.3. The number of halogens is 1. The molecular formula is C25H27FN6O2S. The number of hydrogen-bond donors (Lipinski definition) is 1. The molecule has 2 aromatic heterocycles. The number of aromatic nitrogens is 4. The molecule has 1 fully saturated rings. The summed E-state index contributed by atoms with van der Waals surface area (Å²) in [5, 5.41) is 11.8. The molecule has 2 atom stereocenters. The Kier molecular flexibility index (Phi) is 6.46. The van der Waals surface area contributed by atoms with Crippen LogP contribution in [-0.2, 0) is 16.1 Å². The Labute approximate surface area is 206 Å². The van der Waals surface area contributed by atoms with E-state index in [4.69, 9.17) is 0 Å². The first kappa shape index (κ1) is 23.3. The number of amides is 2. The van der Waals surface area contributed by atoms with Crippen LogP contribution in [0.25, 0.3) is 16.8 Å². The van der Waals surface area contributed by atoms with E-state index in [1.165, 1.54) is 23.9 Å². The molecule has 1 saturated heterocycles. The fourth-order valence-corrected chi connectivity index (χ4v) is 5.64. The molecule has 1 aliphatic rings. The van der Waals surface area contributed by atoms with Crippen molar-refractivity contribution in [3.63, 3.8) is 0 Å². The summed E-state index contributed by atoms with van der Waals surface area (Å²) in [6.45, 7) is 4.38. The number of thioether (sulfide) groups is 1. The number of piperidine rings is 1. The molecule has 2 amide bonds. The van der Waals surface area contributed by atoms with Gasteiger partial charge in [-0.2, -0.15) is 0 Å². The number of para-hydroxylation sites is 3. The second-order valence-corrected chi connectivity index (χ2v) is 9.88. The first-order chi connectivity index (χ1) is 16.9. The van der Waals surface area contributed by atoms with Crippen LogP contribution in [0, 0.1) is 5.82 Å². The molecule has 5 rings (SSSR count). The fraction of sp³-hybridized carbons (Fsp3) is 0.360. The van der Waals surface area contributed by atoms with Crippen molar-refractivity contribution < 1.29 is 14.0 Å². The van der Waals surface area contributed by atoms with E-state index in [0.29, 0.717) is 10.9 Å². The Bertz CT molecular complexity index is 1390. The molecule has 2 aromatic carbocycles. The van der Waals surface area contributed by atoms with Gasteiger partial charge in [-0.25, -0.2) is 4.39 Å². The van der Waals surface area contributed by atoms with E-state index < -0.39 is 5.82 Å². The Morgan fingerprint density at radius 2 is 1.71 bits per heavy atom. The SMILES string of the molecule is C[C@H]1CCC[C@H](C)N1C(=O)Cn1c2ccccc2n2c(SCC(=O)Nc3ccccc3F)nnc12. The van der Waals surface area contributed by atoms with Crippen molar-refractivity contribution in [2.24, 2.45) is 0 Å². The van der Waals surface area contributed by atoms with E-state index >= 15 is 0 Å². The number of nitrogens with zero attached hydrogens (tertiary/aromatic N) is 5. The van der Waals surface area contributed by atoms with Crippen LogP contribution < -0.4 is 5.32 Å². The van der Waals surface area contributed by atoms with Crippen molar-refractivity contribution in [1.82, 2.24) is 24.1 Å². The van der Waals surface area contributed by atoms with Gasteiger partial charge in [0.2, 0.25) is 17.6 Å². The molecule has 0 bridgehead atoms. The lowest BCUT2D eigenvalue weighted by Crippen LogP contribution is -2.48. The molecular weight excluding hydrogens is 467 g/mol. The zero-order valence-corrected chi connectivity index (χ0v) is 20.5. The number of carbonyl (C=O) groups excluding carboxylic acids is 2. The number of benzene rings is 2. The van der Waals surface area contributed by atoms with Gasteiger partial charge in [-0.15, -0.1) is 10.2 Å². The molecule has 3 heterocycles. The molecule has 1 aliphatic heterocycles. The van der Waals surface area contributed by atoms with Crippen molar-refractivity contribution >= 4 is 46.1 Å². The molecule has 10 heteroatoms. The molecule has 0 unspecified atom stereocenters. The van der Waals surface area contributed by atoms with Crippen LogP contribution in [0.1, 0.15) is 33.1 Å². The number of likely N-dealkylation sites (tertiary alicyclic amines) is 1. The molecule has 182 valence electrons. The van der Waals surface area contributed by atoms with Crippen LogP contribution in [0.3, 0.4) is 0 Å². The quantitative estimate of drug-likeness (QED) is 0.403. The molecule has 0 radical (unpaired) electrons. The minimum atomic E-state index is -0.485. The summed E-state index contributed by atoms with van der Waals surface area (Å²) in [4.78, 5) is 27.8. The number of rotatable bonds is 6. The predicted molar refractivity (Wildman–Crippen MR) is 134 cm³/mol. The summed E-state index contributed by atoms with van der Waals surface area (Å²) in [6, 6.07) is 14.2. The van der Waals surface area contributed by atoms with E-state index in [9.17, 15) is 14.0 Å². The third-order valence-corrected chi connectivity index (χ3v) is 7.46. The zero-order chi connectivity index (χ0) is 24.5. The van der Waals surface area contributed by atoms with E-state index in [1.54, 1.807) is 12.1 Å². The predicted octanol–water partition coefficient (Wildman–Crippen LogP) is 4.34. The third-order valence-electron chi connectivity index (χ3n) is 6.53. The first-order valence-corrected chi connectivity index (χ1v) is 12.7. The summed E-state index contributed by atoms with van der Waals surface area (Å²) < 4.78 is 17.6. The van der Waals surface area contributed by atoms with Crippen molar-refractivity contribution in [1.29, 1.82) is 0 Å². The highest BCUT2D eigenvalue weighted by Gasteiger charge is 2.30. The van der Waals surface area contributed by atoms with Gasteiger partial charge in [-0.05, 0) is 57.4 Å². The van der Waals surface area contributed by atoms with Crippen LogP contribution in [0.15, 0.2) is 53.7 Å². The van der Waals surface area contributed by atoms with Gasteiger partial charge in [0.15, 0.2) is 5.16 Å². The molecule has 0 aliphatic carbocycles. The second kappa shape index (κ2) is 9.69. The highest BCUT2D eigenvalue weighted by molar-refractivity contribution is 7.99. The maximum absolute atomic E-state index is 13.9. The minimum Gasteiger partial charge on any atom is -0.336 e. The fourth-order valence-electron chi connectivity index (χ4n) is 4.90. The molecule has 1 N–H and O–H groups in total. The maximum Gasteiger partial charge on any atom is 0.243 e. The van der Waals surface area contributed by atoms with Gasteiger partial charge in [0.05, 0.1) is 22.5 Å². The Balaban J connectivity index is 1.40. The zero-order valence-electron chi connectivity index (χ0n) is 19.6. The highest BCUT2D eigenvalue weighted by Crippen LogP contribution is 2.28. The molecule has 35 heavy (non-hydrogen) atoms. The average molecular weight is 495 g/mol. The molecule has 0 spiro atoms. The number of imidazole rings is 1. The van der Waals surface area contributed by atoms with Gasteiger partial charge in [-0.1, -0.05) is 36.0 Å². The summed E-state index contributed by atoms with van der Waals surface area (Å²) in [6.07, 6.45) is 3.16. The number of carbonyl (C=O) groups is 2. The Morgan fingerprint density at radius 1 is 1.03 bits per heavy atom. The van der Waals surface area contributed by atoms with Crippen LogP contribution in [0.2, 0.25) is 0 Å². The van der Waals surface area contributed by atoms with Crippen LogP contribution in [0.4, 0.5) is 10.1 Å². The third kappa shape index (κ3) is 4.50. The maximum atomic E-state index is 13.9. The molecule has 0 saturated carbocycles. The number of hydrogen-bond acceptors (Lipinski definition) is 5. The van der Waals surface area contributed by atoms with Gasteiger partial charge in [0.25, 0.3) is 0 Å². The lowest BCUT2D eigenvalue weighted by Gasteiger charge is -2.39. The van der Waals surface area contributed by atoms with Gasteiger partial charge in [0.1, 0.15) is 12.4 Å². The largest absolute Gasteiger partial charge is 0.336 e. The van der Waals surface area contributed by atoms with E-state index in [1.807, 2.05) is 38.1 Å². The van der Waals surface area contributed by atoms with E-state index in [0.717, 1.165) is 30.3 Å². The van der Waals surface area contributed by atoms with Gasteiger partial charge in [0, 0.05) is 12.1 Å². The number of nitrogens with one attached hydrogen (secondary N) is 1. The monoisotopic (exact) mass is 494 g/mol. The van der Waals surface area contributed by atoms with E-state index in [2.05, 4.69) is 29.4 Å². The second-order valence-electron chi connectivity index (χ2n) is 8.94. The lowest BCUT2D eigenvalue weighted by molar-refractivity contribution is -0.137.